The molecule has 0 fully saturated rings. The molecule has 0 radical (unpaired) electrons. The summed E-state index contributed by atoms with van der Waals surface area (Å²) in [4.78, 5) is 13.1. The first-order valence-electron chi connectivity index (χ1n) is 9.00. The minimum Gasteiger partial charge on any atom is -0.323 e. The van der Waals surface area contributed by atoms with Gasteiger partial charge in [0.25, 0.3) is 0 Å². The van der Waals surface area contributed by atoms with Gasteiger partial charge in [-0.15, -0.1) is 0 Å². The molecule has 0 bridgehead atoms. The van der Waals surface area contributed by atoms with E-state index < -0.39 is 5.41 Å². The third kappa shape index (κ3) is 3.19. The maximum Gasteiger partial charge on any atom is 0.235 e. The van der Waals surface area contributed by atoms with Crippen molar-refractivity contribution in [1.29, 1.82) is 0 Å². The van der Waals surface area contributed by atoms with E-state index in [1.54, 1.807) is 6.07 Å². The maximum atomic E-state index is 14.9. The van der Waals surface area contributed by atoms with E-state index >= 15 is 0 Å². The molecule has 2 N–H and O–H groups in total. The zero-order valence-electron chi connectivity index (χ0n) is 14.9. The summed E-state index contributed by atoms with van der Waals surface area (Å²) in [5.74, 6) is -0.432. The van der Waals surface area contributed by atoms with Gasteiger partial charge in [-0.2, -0.15) is 0 Å². The number of amides is 1. The molecule has 0 atom stereocenters. The van der Waals surface area contributed by atoms with E-state index in [0.717, 1.165) is 23.2 Å². The molecular weight excluding hydrogens is 315 g/mol. The number of hydrogen-bond donors (Lipinski definition) is 2. The van der Waals surface area contributed by atoms with Crippen molar-refractivity contribution in [2.24, 2.45) is 0 Å². The Morgan fingerprint density at radius 3 is 2.56 bits per heavy atom. The fourth-order valence-electron chi connectivity index (χ4n) is 3.74. The number of rotatable bonds is 5. The minimum absolute atomic E-state index is 0.142. The molecule has 2 aromatic rings. The van der Waals surface area contributed by atoms with Gasteiger partial charge in [-0.25, -0.2) is 4.39 Å². The average Bonchev–Trinajstić information content (AvgIpc) is 2.66. The van der Waals surface area contributed by atoms with Crippen molar-refractivity contribution < 1.29 is 9.18 Å². The lowest BCUT2D eigenvalue weighted by Gasteiger charge is -2.31. The second-order valence-corrected chi connectivity index (χ2v) is 6.60. The Kier molecular flexibility index (Phi) is 5.19. The molecule has 132 valence electrons. The van der Waals surface area contributed by atoms with E-state index in [-0.39, 0.29) is 17.4 Å². The highest BCUT2D eigenvalue weighted by Gasteiger charge is 2.37. The topological polar surface area (TPSA) is 41.1 Å². The van der Waals surface area contributed by atoms with Crippen LogP contribution in [0.2, 0.25) is 0 Å². The molecule has 2 aromatic carbocycles. The third-order valence-electron chi connectivity index (χ3n) is 5.42. The van der Waals surface area contributed by atoms with Gasteiger partial charge in [-0.1, -0.05) is 50.2 Å². The SMILES string of the molecule is CCC(CC)(C(=O)Nc1ccc2c(c1F)CCNC2)c1ccccc1. The van der Waals surface area contributed by atoms with Crippen LogP contribution in [0.15, 0.2) is 42.5 Å². The molecule has 0 unspecified atom stereocenters. The van der Waals surface area contributed by atoms with E-state index in [2.05, 4.69) is 10.6 Å². The van der Waals surface area contributed by atoms with Gasteiger partial charge in [0.1, 0.15) is 5.82 Å². The van der Waals surface area contributed by atoms with Gasteiger partial charge in [0.15, 0.2) is 0 Å². The van der Waals surface area contributed by atoms with Gasteiger partial charge in [0.2, 0.25) is 5.91 Å². The van der Waals surface area contributed by atoms with Crippen LogP contribution in [0, 0.1) is 5.82 Å². The Labute approximate surface area is 148 Å². The average molecular weight is 340 g/mol. The molecule has 0 saturated heterocycles. The molecule has 25 heavy (non-hydrogen) atoms. The molecule has 3 rings (SSSR count). The van der Waals surface area contributed by atoms with E-state index in [0.29, 0.717) is 25.8 Å². The quantitative estimate of drug-likeness (QED) is 0.858. The molecule has 3 nitrogen and oxygen atoms in total. The van der Waals surface area contributed by atoms with E-state index in [4.69, 9.17) is 0 Å². The summed E-state index contributed by atoms with van der Waals surface area (Å²) in [6.07, 6.45) is 1.97. The van der Waals surface area contributed by atoms with Crippen LogP contribution in [-0.4, -0.2) is 12.5 Å². The summed E-state index contributed by atoms with van der Waals surface area (Å²) in [5.41, 5.74) is 2.30. The highest BCUT2D eigenvalue weighted by atomic mass is 19.1. The second-order valence-electron chi connectivity index (χ2n) is 6.60. The van der Waals surface area contributed by atoms with Gasteiger partial charge < -0.3 is 10.6 Å². The Morgan fingerprint density at radius 1 is 1.16 bits per heavy atom. The predicted molar refractivity (Wildman–Crippen MR) is 99.1 cm³/mol. The molecule has 0 saturated carbocycles. The van der Waals surface area contributed by atoms with Crippen molar-refractivity contribution in [2.45, 2.75) is 45.1 Å². The molecule has 1 aliphatic rings. The van der Waals surface area contributed by atoms with Crippen LogP contribution in [0.25, 0.3) is 0 Å². The Bertz CT molecular complexity index is 754. The van der Waals surface area contributed by atoms with Crippen molar-refractivity contribution in [1.82, 2.24) is 5.32 Å². The minimum atomic E-state index is -0.648. The highest BCUT2D eigenvalue weighted by molar-refractivity contribution is 5.99. The van der Waals surface area contributed by atoms with E-state index in [1.807, 2.05) is 50.2 Å². The third-order valence-corrected chi connectivity index (χ3v) is 5.42. The lowest BCUT2D eigenvalue weighted by molar-refractivity contribution is -0.121. The number of carbonyl (C=O) groups is 1. The van der Waals surface area contributed by atoms with Crippen LogP contribution in [0.1, 0.15) is 43.4 Å². The number of hydrogen-bond acceptors (Lipinski definition) is 2. The van der Waals surface area contributed by atoms with E-state index in [9.17, 15) is 9.18 Å². The van der Waals surface area contributed by atoms with Crippen LogP contribution in [0.3, 0.4) is 0 Å². The van der Waals surface area contributed by atoms with Crippen molar-refractivity contribution in [3.8, 4) is 0 Å². The largest absolute Gasteiger partial charge is 0.323 e. The first-order valence-corrected chi connectivity index (χ1v) is 9.00. The summed E-state index contributed by atoms with van der Waals surface area (Å²) in [7, 11) is 0. The monoisotopic (exact) mass is 340 g/mol. The summed E-state index contributed by atoms with van der Waals surface area (Å²) < 4.78 is 14.9. The van der Waals surface area contributed by atoms with Crippen molar-refractivity contribution in [3.63, 3.8) is 0 Å². The molecule has 0 aliphatic carbocycles. The smallest absolute Gasteiger partial charge is 0.235 e. The zero-order chi connectivity index (χ0) is 17.9. The number of fused-ring (bicyclic) bond motifs is 1. The fourth-order valence-corrected chi connectivity index (χ4v) is 3.74. The van der Waals surface area contributed by atoms with Crippen molar-refractivity contribution >= 4 is 11.6 Å². The molecule has 1 aliphatic heterocycles. The lowest BCUT2D eigenvalue weighted by atomic mass is 9.75. The van der Waals surface area contributed by atoms with Gasteiger partial charge >= 0.3 is 0 Å². The van der Waals surface area contributed by atoms with Crippen LogP contribution in [0.4, 0.5) is 10.1 Å². The first-order chi connectivity index (χ1) is 12.1. The zero-order valence-corrected chi connectivity index (χ0v) is 14.9. The maximum absolute atomic E-state index is 14.9. The van der Waals surface area contributed by atoms with Gasteiger partial charge in [0, 0.05) is 6.54 Å². The summed E-state index contributed by atoms with van der Waals surface area (Å²) in [5, 5.41) is 6.11. The Hall–Kier alpha value is -2.20. The normalized spacial score (nSPS) is 14.0. The number of carbonyl (C=O) groups excluding carboxylic acids is 1. The predicted octanol–water partition coefficient (Wildman–Crippen LogP) is 4.17. The van der Waals surface area contributed by atoms with Crippen molar-refractivity contribution in [2.75, 3.05) is 11.9 Å². The molecule has 1 heterocycles. The molecular formula is C21H25FN2O. The molecule has 4 heteroatoms. The number of anilines is 1. The Balaban J connectivity index is 1.93. The molecule has 0 aromatic heterocycles. The van der Waals surface area contributed by atoms with Crippen LogP contribution < -0.4 is 10.6 Å². The van der Waals surface area contributed by atoms with Crippen LogP contribution in [0.5, 0.6) is 0 Å². The second kappa shape index (κ2) is 7.36. The van der Waals surface area contributed by atoms with Crippen LogP contribution >= 0.6 is 0 Å². The number of halogens is 1. The fraction of sp³-hybridized carbons (Fsp3) is 0.381. The van der Waals surface area contributed by atoms with Gasteiger partial charge in [0.05, 0.1) is 11.1 Å². The summed E-state index contributed by atoms with van der Waals surface area (Å²) in [6, 6.07) is 13.4. The molecule has 1 amide bonds. The lowest BCUT2D eigenvalue weighted by Crippen LogP contribution is -2.39. The van der Waals surface area contributed by atoms with Gasteiger partial charge in [-0.05, 0) is 48.6 Å². The summed E-state index contributed by atoms with van der Waals surface area (Å²) in [6.45, 7) is 5.45. The summed E-state index contributed by atoms with van der Waals surface area (Å²) >= 11 is 0. The number of benzene rings is 2. The first kappa shape index (κ1) is 17.6. The number of nitrogens with one attached hydrogen (secondary N) is 2. The highest BCUT2D eigenvalue weighted by Crippen LogP contribution is 2.34. The standard InChI is InChI=1S/C21H25FN2O/c1-3-21(4-2,16-8-6-5-7-9-16)20(25)24-18-11-10-15-14-23-13-12-17(15)19(18)22/h5-11,23H,3-4,12-14H2,1-2H3,(H,24,25). The van der Waals surface area contributed by atoms with E-state index in [1.165, 1.54) is 0 Å². The van der Waals surface area contributed by atoms with Gasteiger partial charge in [-0.3, -0.25) is 4.79 Å². The van der Waals surface area contributed by atoms with Crippen molar-refractivity contribution in [3.05, 3.63) is 65.0 Å². The molecule has 0 spiro atoms. The van der Waals surface area contributed by atoms with Crippen LogP contribution in [-0.2, 0) is 23.2 Å². The Morgan fingerprint density at radius 2 is 1.88 bits per heavy atom.